The van der Waals surface area contributed by atoms with Crippen molar-refractivity contribution in [1.29, 1.82) is 0 Å². The largest absolute Gasteiger partial charge is 0.461 e. The molecule has 3 nitrogen and oxygen atoms in total. The van der Waals surface area contributed by atoms with Gasteiger partial charge in [-0.1, -0.05) is 13.8 Å². The molecule has 0 bridgehead atoms. The molecule has 1 heterocycles. The highest BCUT2D eigenvalue weighted by molar-refractivity contribution is 6.00. The second-order valence-electron chi connectivity index (χ2n) is 3.63. The summed E-state index contributed by atoms with van der Waals surface area (Å²) in [5, 5.41) is 0. The molecule has 1 fully saturated rings. The van der Waals surface area contributed by atoms with Crippen LogP contribution in [0.4, 0.5) is 0 Å². The molecule has 0 saturated carbocycles. The number of esters is 1. The molecule has 1 saturated heterocycles. The fourth-order valence-electron chi connectivity index (χ4n) is 1.14. The minimum absolute atomic E-state index is 0.114. The maximum absolute atomic E-state index is 11.1. The Hall–Kier alpha value is -1.12. The molecule has 0 amide bonds. The summed E-state index contributed by atoms with van der Waals surface area (Å²) in [4.78, 5) is 21.8. The number of ether oxygens (including phenoxy) is 1. The third-order valence-electron chi connectivity index (χ3n) is 1.86. The predicted octanol–water partition coefficient (Wildman–Crippen LogP) is 1.08. The summed E-state index contributed by atoms with van der Waals surface area (Å²) < 4.78 is 4.82. The van der Waals surface area contributed by atoms with Crippen LogP contribution >= 0.6 is 0 Å². The van der Waals surface area contributed by atoms with Gasteiger partial charge in [0.05, 0.1) is 0 Å². The Bertz CT molecular complexity index is 261. The van der Waals surface area contributed by atoms with E-state index in [1.807, 2.05) is 13.8 Å². The van der Waals surface area contributed by atoms with Gasteiger partial charge in [0.1, 0.15) is 6.61 Å². The van der Waals surface area contributed by atoms with Crippen LogP contribution in [0.5, 0.6) is 0 Å². The monoisotopic (exact) mass is 168 g/mol. The van der Waals surface area contributed by atoms with Crippen molar-refractivity contribution in [1.82, 2.24) is 0 Å². The van der Waals surface area contributed by atoms with Gasteiger partial charge in [-0.25, -0.2) is 4.79 Å². The van der Waals surface area contributed by atoms with Crippen molar-refractivity contribution in [2.75, 3.05) is 6.61 Å². The van der Waals surface area contributed by atoms with Crippen LogP contribution in [-0.4, -0.2) is 18.4 Å². The van der Waals surface area contributed by atoms with Gasteiger partial charge in [-0.3, -0.25) is 4.79 Å². The zero-order valence-corrected chi connectivity index (χ0v) is 7.51. The molecule has 0 aromatic rings. The van der Waals surface area contributed by atoms with E-state index in [0.29, 0.717) is 12.2 Å². The molecule has 12 heavy (non-hydrogen) atoms. The fraction of sp³-hybridized carbons (Fsp3) is 0.556. The van der Waals surface area contributed by atoms with E-state index in [9.17, 15) is 9.59 Å². The molecule has 66 valence electrons. The Balaban J connectivity index is 3.00. The van der Waals surface area contributed by atoms with Crippen molar-refractivity contribution in [3.8, 4) is 0 Å². The average molecular weight is 168 g/mol. The Morgan fingerprint density at radius 2 is 2.17 bits per heavy atom. The highest BCUT2D eigenvalue weighted by atomic mass is 16.5. The van der Waals surface area contributed by atoms with Crippen LogP contribution in [0.15, 0.2) is 11.6 Å². The zero-order chi connectivity index (χ0) is 9.35. The molecule has 1 aliphatic heterocycles. The van der Waals surface area contributed by atoms with Crippen molar-refractivity contribution in [3.63, 3.8) is 0 Å². The smallest absolute Gasteiger partial charge is 0.334 e. The maximum Gasteiger partial charge on any atom is 0.334 e. The molecule has 0 radical (unpaired) electrons. The summed E-state index contributed by atoms with van der Waals surface area (Å²) in [6, 6.07) is 0. The lowest BCUT2D eigenvalue weighted by Gasteiger charge is -2.13. The topological polar surface area (TPSA) is 43.4 Å². The summed E-state index contributed by atoms with van der Waals surface area (Å²) in [5.74, 6) is -0.480. The first-order chi connectivity index (χ1) is 5.43. The van der Waals surface area contributed by atoms with E-state index in [2.05, 4.69) is 0 Å². The molecule has 1 aliphatic rings. The molecule has 3 heteroatoms. The van der Waals surface area contributed by atoms with Crippen LogP contribution in [-0.2, 0) is 14.3 Å². The van der Waals surface area contributed by atoms with Crippen molar-refractivity contribution in [2.45, 2.75) is 20.8 Å². The number of ketones is 1. The Kier molecular flexibility index (Phi) is 2.04. The van der Waals surface area contributed by atoms with Crippen LogP contribution < -0.4 is 0 Å². The number of carbonyl (C=O) groups excluding carboxylic acids is 2. The normalized spacial score (nSPS) is 24.2. The Morgan fingerprint density at radius 3 is 2.50 bits per heavy atom. The minimum atomic E-state index is -0.366. The summed E-state index contributed by atoms with van der Waals surface area (Å²) in [6.45, 7) is 5.55. The number of carbonyl (C=O) groups is 2. The molecule has 1 rings (SSSR count). The quantitative estimate of drug-likeness (QED) is 0.434. The SMILES string of the molecule is CC(=O)/C=C1\C(=O)OCC1(C)C. The molecule has 0 aromatic carbocycles. The minimum Gasteiger partial charge on any atom is -0.461 e. The van der Waals surface area contributed by atoms with Crippen LogP contribution in [0, 0.1) is 5.41 Å². The van der Waals surface area contributed by atoms with Crippen molar-refractivity contribution in [2.24, 2.45) is 5.41 Å². The lowest BCUT2D eigenvalue weighted by molar-refractivity contribution is -0.135. The van der Waals surface area contributed by atoms with Gasteiger partial charge in [-0.15, -0.1) is 0 Å². The van der Waals surface area contributed by atoms with E-state index in [1.54, 1.807) is 0 Å². The molecular formula is C9H12O3. The predicted molar refractivity (Wildman–Crippen MR) is 43.5 cm³/mol. The molecular weight excluding hydrogens is 156 g/mol. The Labute approximate surface area is 71.4 Å². The standard InChI is InChI=1S/C9H12O3/c1-6(10)4-7-8(11)12-5-9(7,2)3/h4H,5H2,1-3H3/b7-4+. The van der Waals surface area contributed by atoms with Gasteiger partial charge in [0.25, 0.3) is 0 Å². The number of hydrogen-bond acceptors (Lipinski definition) is 3. The molecule has 0 aromatic heterocycles. The van der Waals surface area contributed by atoms with Gasteiger partial charge >= 0.3 is 5.97 Å². The first-order valence-corrected chi connectivity index (χ1v) is 3.83. The number of rotatable bonds is 1. The fourth-order valence-corrected chi connectivity index (χ4v) is 1.14. The van der Waals surface area contributed by atoms with Crippen molar-refractivity contribution >= 4 is 11.8 Å². The van der Waals surface area contributed by atoms with Gasteiger partial charge < -0.3 is 4.74 Å². The summed E-state index contributed by atoms with van der Waals surface area (Å²) in [5.41, 5.74) is 0.165. The lowest BCUT2D eigenvalue weighted by Crippen LogP contribution is -2.14. The third kappa shape index (κ3) is 1.55. The van der Waals surface area contributed by atoms with Crippen LogP contribution in [0.2, 0.25) is 0 Å². The highest BCUT2D eigenvalue weighted by Crippen LogP contribution is 2.33. The molecule has 0 atom stereocenters. The van der Waals surface area contributed by atoms with Gasteiger partial charge in [-0.05, 0) is 13.0 Å². The van der Waals surface area contributed by atoms with E-state index in [0.717, 1.165) is 0 Å². The molecule has 0 aliphatic carbocycles. The van der Waals surface area contributed by atoms with Gasteiger partial charge in [0, 0.05) is 11.0 Å². The molecule has 0 unspecified atom stereocenters. The average Bonchev–Trinajstić information content (AvgIpc) is 2.15. The second-order valence-corrected chi connectivity index (χ2v) is 3.63. The van der Waals surface area contributed by atoms with E-state index in [1.165, 1.54) is 13.0 Å². The van der Waals surface area contributed by atoms with Gasteiger partial charge in [0.15, 0.2) is 5.78 Å². The molecule has 0 spiro atoms. The van der Waals surface area contributed by atoms with E-state index < -0.39 is 0 Å². The lowest BCUT2D eigenvalue weighted by atomic mass is 9.86. The van der Waals surface area contributed by atoms with Gasteiger partial charge in [-0.2, -0.15) is 0 Å². The highest BCUT2D eigenvalue weighted by Gasteiger charge is 2.37. The first kappa shape index (κ1) is 8.97. The first-order valence-electron chi connectivity index (χ1n) is 3.83. The number of allylic oxidation sites excluding steroid dienone is 1. The van der Waals surface area contributed by atoms with Crippen molar-refractivity contribution < 1.29 is 14.3 Å². The maximum atomic E-state index is 11.1. The second kappa shape index (κ2) is 2.73. The van der Waals surface area contributed by atoms with Crippen LogP contribution in [0.25, 0.3) is 0 Å². The summed E-state index contributed by atoms with van der Waals surface area (Å²) in [7, 11) is 0. The van der Waals surface area contributed by atoms with E-state index >= 15 is 0 Å². The van der Waals surface area contributed by atoms with Crippen LogP contribution in [0.1, 0.15) is 20.8 Å². The molecule has 0 N–H and O–H groups in total. The van der Waals surface area contributed by atoms with Crippen molar-refractivity contribution in [3.05, 3.63) is 11.6 Å². The van der Waals surface area contributed by atoms with Crippen LogP contribution in [0.3, 0.4) is 0 Å². The zero-order valence-electron chi connectivity index (χ0n) is 7.51. The number of cyclic esters (lactones) is 1. The van der Waals surface area contributed by atoms with E-state index in [-0.39, 0.29) is 17.2 Å². The summed E-state index contributed by atoms with van der Waals surface area (Å²) in [6.07, 6.45) is 1.36. The number of hydrogen-bond donors (Lipinski definition) is 0. The summed E-state index contributed by atoms with van der Waals surface area (Å²) >= 11 is 0. The van der Waals surface area contributed by atoms with E-state index in [4.69, 9.17) is 4.74 Å². The van der Waals surface area contributed by atoms with Gasteiger partial charge in [0.2, 0.25) is 0 Å². The Morgan fingerprint density at radius 1 is 1.58 bits per heavy atom. The third-order valence-corrected chi connectivity index (χ3v) is 1.86.